The molecule has 1 N–H and O–H groups in total. The zero-order valence-corrected chi connectivity index (χ0v) is 11.8. The van der Waals surface area contributed by atoms with E-state index in [9.17, 15) is 14.9 Å². The van der Waals surface area contributed by atoms with Gasteiger partial charge in [-0.15, -0.1) is 0 Å². The number of oxazole rings is 1. The Balaban J connectivity index is 2.52. The molecule has 21 heavy (non-hydrogen) atoms. The second kappa shape index (κ2) is 5.35. The molecule has 2 rings (SSSR count). The van der Waals surface area contributed by atoms with Gasteiger partial charge in [-0.25, -0.2) is 9.78 Å². The Bertz CT molecular complexity index is 718. The number of aromatic nitrogens is 1. The number of aromatic carboxylic acids is 1. The Kier molecular flexibility index (Phi) is 3.75. The Morgan fingerprint density at radius 1 is 1.43 bits per heavy atom. The number of carbonyl (C=O) groups is 1. The van der Waals surface area contributed by atoms with Crippen molar-refractivity contribution in [2.75, 3.05) is 0 Å². The van der Waals surface area contributed by atoms with Crippen molar-refractivity contribution < 1.29 is 19.2 Å². The monoisotopic (exact) mass is 290 g/mol. The predicted molar refractivity (Wildman–Crippen MR) is 74.4 cm³/mol. The summed E-state index contributed by atoms with van der Waals surface area (Å²) in [6, 6.07) is 4.40. The van der Waals surface area contributed by atoms with Crippen molar-refractivity contribution in [2.45, 2.75) is 26.7 Å². The molecule has 0 spiro atoms. The fourth-order valence-corrected chi connectivity index (χ4v) is 1.99. The maximum absolute atomic E-state index is 11.2. The SMILES string of the molecule is Cc1cc(-c2nc(C(C)C)c(C(=O)O)o2)ccc1[N+](=O)[O-]. The van der Waals surface area contributed by atoms with E-state index in [0.29, 0.717) is 16.8 Å². The van der Waals surface area contributed by atoms with Crippen molar-refractivity contribution in [1.29, 1.82) is 0 Å². The summed E-state index contributed by atoms with van der Waals surface area (Å²) in [4.78, 5) is 25.7. The minimum Gasteiger partial charge on any atom is -0.475 e. The van der Waals surface area contributed by atoms with Crippen molar-refractivity contribution in [1.82, 2.24) is 4.98 Å². The van der Waals surface area contributed by atoms with E-state index in [1.54, 1.807) is 13.0 Å². The Labute approximate surface area is 120 Å². The topological polar surface area (TPSA) is 106 Å². The lowest BCUT2D eigenvalue weighted by molar-refractivity contribution is -0.385. The summed E-state index contributed by atoms with van der Waals surface area (Å²) < 4.78 is 5.30. The van der Waals surface area contributed by atoms with Gasteiger partial charge < -0.3 is 9.52 Å². The molecule has 1 heterocycles. The smallest absolute Gasteiger partial charge is 0.373 e. The second-order valence-corrected chi connectivity index (χ2v) is 4.95. The lowest BCUT2D eigenvalue weighted by Gasteiger charge is -1.99. The molecule has 1 aromatic carbocycles. The maximum Gasteiger partial charge on any atom is 0.373 e. The van der Waals surface area contributed by atoms with Gasteiger partial charge in [0, 0.05) is 17.2 Å². The standard InChI is InChI=1S/C14H14N2O5/c1-7(2)11-12(14(17)18)21-13(15-11)9-4-5-10(16(19)20)8(3)6-9/h4-7H,1-3H3,(H,17,18). The van der Waals surface area contributed by atoms with Crippen LogP contribution in [0.2, 0.25) is 0 Å². The van der Waals surface area contributed by atoms with Gasteiger partial charge in [-0.05, 0) is 25.0 Å². The number of rotatable bonds is 4. The average molecular weight is 290 g/mol. The van der Waals surface area contributed by atoms with Crippen LogP contribution in [0.15, 0.2) is 22.6 Å². The molecule has 7 heteroatoms. The first kappa shape index (κ1) is 14.7. The zero-order valence-electron chi connectivity index (χ0n) is 11.8. The van der Waals surface area contributed by atoms with Gasteiger partial charge in [-0.3, -0.25) is 10.1 Å². The third-order valence-electron chi connectivity index (χ3n) is 3.03. The maximum atomic E-state index is 11.2. The van der Waals surface area contributed by atoms with Crippen LogP contribution in [0.25, 0.3) is 11.5 Å². The number of nitro benzene ring substituents is 1. The van der Waals surface area contributed by atoms with Crippen LogP contribution in [-0.2, 0) is 0 Å². The molecule has 110 valence electrons. The summed E-state index contributed by atoms with van der Waals surface area (Å²) in [7, 11) is 0. The Hall–Kier alpha value is -2.70. The summed E-state index contributed by atoms with van der Waals surface area (Å²) in [5.41, 5.74) is 1.31. The molecule has 0 aliphatic heterocycles. The molecular weight excluding hydrogens is 276 g/mol. The first-order valence-corrected chi connectivity index (χ1v) is 6.30. The number of benzene rings is 1. The molecule has 0 aliphatic rings. The molecule has 0 saturated heterocycles. The molecule has 0 fully saturated rings. The molecule has 0 radical (unpaired) electrons. The first-order valence-electron chi connectivity index (χ1n) is 6.30. The number of hydrogen-bond acceptors (Lipinski definition) is 5. The van der Waals surface area contributed by atoms with Crippen LogP contribution in [-0.4, -0.2) is 21.0 Å². The number of carboxylic acids is 1. The van der Waals surface area contributed by atoms with Gasteiger partial charge in [0.2, 0.25) is 11.7 Å². The van der Waals surface area contributed by atoms with Gasteiger partial charge in [0.1, 0.15) is 0 Å². The number of nitrogens with zero attached hydrogens (tertiary/aromatic N) is 2. The fourth-order valence-electron chi connectivity index (χ4n) is 1.99. The number of carboxylic acid groups (broad SMARTS) is 1. The van der Waals surface area contributed by atoms with Crippen LogP contribution in [0.3, 0.4) is 0 Å². The van der Waals surface area contributed by atoms with Crippen LogP contribution in [0, 0.1) is 17.0 Å². The lowest BCUT2D eigenvalue weighted by atomic mass is 10.1. The van der Waals surface area contributed by atoms with Gasteiger partial charge in [-0.2, -0.15) is 0 Å². The number of aryl methyl sites for hydroxylation is 1. The van der Waals surface area contributed by atoms with Crippen molar-refractivity contribution >= 4 is 11.7 Å². The van der Waals surface area contributed by atoms with E-state index in [2.05, 4.69) is 4.98 Å². The van der Waals surface area contributed by atoms with Gasteiger partial charge in [-0.1, -0.05) is 13.8 Å². The van der Waals surface area contributed by atoms with Crippen molar-refractivity contribution in [3.05, 3.63) is 45.3 Å². The van der Waals surface area contributed by atoms with Gasteiger partial charge in [0.25, 0.3) is 5.69 Å². The van der Waals surface area contributed by atoms with E-state index in [0.717, 1.165) is 0 Å². The highest BCUT2D eigenvalue weighted by Crippen LogP contribution is 2.29. The molecule has 0 aliphatic carbocycles. The summed E-state index contributed by atoms with van der Waals surface area (Å²) >= 11 is 0. The van der Waals surface area contributed by atoms with Crippen molar-refractivity contribution in [3.63, 3.8) is 0 Å². The molecule has 7 nitrogen and oxygen atoms in total. The number of hydrogen-bond donors (Lipinski definition) is 1. The largest absolute Gasteiger partial charge is 0.475 e. The molecule has 2 aromatic rings. The number of nitro groups is 1. The molecule has 0 amide bonds. The quantitative estimate of drug-likeness (QED) is 0.683. The van der Waals surface area contributed by atoms with Crippen LogP contribution >= 0.6 is 0 Å². The van der Waals surface area contributed by atoms with Crippen LogP contribution in [0.4, 0.5) is 5.69 Å². The van der Waals surface area contributed by atoms with Crippen LogP contribution in [0.1, 0.15) is 41.6 Å². The van der Waals surface area contributed by atoms with Crippen molar-refractivity contribution in [2.24, 2.45) is 0 Å². The van der Waals surface area contributed by atoms with Crippen LogP contribution < -0.4 is 0 Å². The molecule has 0 saturated carbocycles. The Morgan fingerprint density at radius 2 is 2.10 bits per heavy atom. The molecular formula is C14H14N2O5. The molecule has 0 atom stereocenters. The summed E-state index contributed by atoms with van der Waals surface area (Å²) in [5, 5.41) is 19.9. The molecule has 0 unspecified atom stereocenters. The highest BCUT2D eigenvalue weighted by molar-refractivity contribution is 5.86. The minimum atomic E-state index is -1.18. The van der Waals surface area contributed by atoms with E-state index in [-0.39, 0.29) is 23.3 Å². The van der Waals surface area contributed by atoms with Gasteiger partial charge in [0.05, 0.1) is 10.6 Å². The summed E-state index contributed by atoms with van der Waals surface area (Å²) in [6.45, 7) is 5.23. The van der Waals surface area contributed by atoms with Crippen molar-refractivity contribution in [3.8, 4) is 11.5 Å². The highest BCUT2D eigenvalue weighted by atomic mass is 16.6. The first-order chi connectivity index (χ1) is 9.81. The predicted octanol–water partition coefficient (Wildman–Crippen LogP) is 3.38. The fraction of sp³-hybridized carbons (Fsp3) is 0.286. The minimum absolute atomic E-state index is 0.00662. The Morgan fingerprint density at radius 3 is 2.52 bits per heavy atom. The normalized spacial score (nSPS) is 10.9. The second-order valence-electron chi connectivity index (χ2n) is 4.95. The summed E-state index contributed by atoms with van der Waals surface area (Å²) in [6.07, 6.45) is 0. The zero-order chi connectivity index (χ0) is 15.7. The van der Waals surface area contributed by atoms with E-state index in [1.807, 2.05) is 13.8 Å². The third kappa shape index (κ3) is 2.76. The lowest BCUT2D eigenvalue weighted by Crippen LogP contribution is -2.01. The summed E-state index contributed by atoms with van der Waals surface area (Å²) in [5.74, 6) is -1.34. The van der Waals surface area contributed by atoms with E-state index in [1.165, 1.54) is 12.1 Å². The molecule has 0 bridgehead atoms. The average Bonchev–Trinajstić information content (AvgIpc) is 2.83. The highest BCUT2D eigenvalue weighted by Gasteiger charge is 2.23. The van der Waals surface area contributed by atoms with Gasteiger partial charge >= 0.3 is 5.97 Å². The third-order valence-corrected chi connectivity index (χ3v) is 3.03. The molecule has 1 aromatic heterocycles. The van der Waals surface area contributed by atoms with E-state index in [4.69, 9.17) is 9.52 Å². The van der Waals surface area contributed by atoms with Crippen LogP contribution in [0.5, 0.6) is 0 Å². The van der Waals surface area contributed by atoms with E-state index >= 15 is 0 Å². The van der Waals surface area contributed by atoms with Gasteiger partial charge in [0.15, 0.2) is 0 Å². The van der Waals surface area contributed by atoms with E-state index < -0.39 is 10.9 Å².